The molecule has 0 spiro atoms. The molecule has 10 nitrogen and oxygen atoms in total. The highest BCUT2D eigenvalue weighted by molar-refractivity contribution is 7.46. The molecule has 4 unspecified atom stereocenters. The Hall–Kier alpha value is -0.580. The lowest BCUT2D eigenvalue weighted by molar-refractivity contribution is -0.170. The molecule has 0 fully saturated rings. The van der Waals surface area contributed by atoms with Crippen LogP contribution >= 0.6 is 7.82 Å². The third-order valence-electron chi connectivity index (χ3n) is 2.17. The van der Waals surface area contributed by atoms with E-state index in [0.717, 1.165) is 0 Å². The van der Waals surface area contributed by atoms with Gasteiger partial charge in [0.1, 0.15) is 18.3 Å². The summed E-state index contributed by atoms with van der Waals surface area (Å²) in [6.07, 6.45) is -7.72. The highest BCUT2D eigenvalue weighted by Gasteiger charge is 2.36. The minimum absolute atomic E-state index is 0.00256. The zero-order chi connectivity index (χ0) is 15.9. The summed E-state index contributed by atoms with van der Waals surface area (Å²) in [7, 11) is -4.85. The molecule has 11 heteroatoms. The first-order valence-electron chi connectivity index (χ1n) is 5.69. The van der Waals surface area contributed by atoms with Gasteiger partial charge in [-0.05, 0) is 6.42 Å². The maximum Gasteiger partial charge on any atom is 0.469 e. The lowest BCUT2D eigenvalue weighted by Crippen LogP contribution is -2.49. The van der Waals surface area contributed by atoms with E-state index in [2.05, 4.69) is 9.26 Å². The molecule has 0 aromatic heterocycles. The van der Waals surface area contributed by atoms with E-state index in [0.29, 0.717) is 6.42 Å². The van der Waals surface area contributed by atoms with Crippen LogP contribution in [0, 0.1) is 0 Å². The van der Waals surface area contributed by atoms with Crippen LogP contribution in [0.15, 0.2) is 0 Å². The molecule has 0 aliphatic rings. The molecule has 4 atom stereocenters. The monoisotopic (exact) mass is 318 g/mol. The van der Waals surface area contributed by atoms with Gasteiger partial charge in [-0.3, -0.25) is 4.52 Å². The number of phosphoric acid groups is 1. The highest BCUT2D eigenvalue weighted by atomic mass is 31.2. The number of esters is 1. The molecule has 120 valence electrons. The number of carbonyl (C=O) groups excluding carboxylic acids is 1. The first kappa shape index (κ1) is 19.4. The van der Waals surface area contributed by atoms with Crippen LogP contribution in [-0.2, 0) is 18.6 Å². The Morgan fingerprint density at radius 2 is 1.70 bits per heavy atom. The molecular weight excluding hydrogens is 299 g/mol. The summed E-state index contributed by atoms with van der Waals surface area (Å²) in [5.74, 6) is -1.19. The number of aliphatic hydroxyl groups is 4. The van der Waals surface area contributed by atoms with Gasteiger partial charge in [0.25, 0.3) is 0 Å². The minimum atomic E-state index is -4.85. The molecule has 0 aliphatic carbocycles. The number of rotatable bonds is 9. The van der Waals surface area contributed by atoms with E-state index in [4.69, 9.17) is 9.79 Å². The second kappa shape index (κ2) is 8.65. The molecule has 0 heterocycles. The second-order valence-electron chi connectivity index (χ2n) is 3.95. The van der Waals surface area contributed by atoms with Crippen molar-refractivity contribution in [3.05, 3.63) is 0 Å². The summed E-state index contributed by atoms with van der Waals surface area (Å²) in [5.41, 5.74) is 0. The number of ether oxygens (including phenoxy) is 1. The van der Waals surface area contributed by atoms with Gasteiger partial charge in [-0.2, -0.15) is 0 Å². The highest BCUT2D eigenvalue weighted by Crippen LogP contribution is 2.35. The fourth-order valence-corrected chi connectivity index (χ4v) is 1.46. The molecule has 20 heavy (non-hydrogen) atoms. The Labute approximate surface area is 114 Å². The maximum absolute atomic E-state index is 11.2. The third-order valence-corrected chi connectivity index (χ3v) is 2.66. The van der Waals surface area contributed by atoms with Gasteiger partial charge in [-0.15, -0.1) is 0 Å². The van der Waals surface area contributed by atoms with Crippen LogP contribution in [0.25, 0.3) is 0 Å². The van der Waals surface area contributed by atoms with Crippen LogP contribution in [0.4, 0.5) is 0 Å². The van der Waals surface area contributed by atoms with E-state index in [1.165, 1.54) is 0 Å². The summed E-state index contributed by atoms with van der Waals surface area (Å²) < 4.78 is 18.8. The topological polar surface area (TPSA) is 174 Å². The largest absolute Gasteiger partial charge is 0.469 e. The van der Waals surface area contributed by atoms with Gasteiger partial charge >= 0.3 is 13.8 Å². The second-order valence-corrected chi connectivity index (χ2v) is 5.19. The van der Waals surface area contributed by atoms with Crippen LogP contribution in [0.2, 0.25) is 0 Å². The normalized spacial score (nSPS) is 18.1. The summed E-state index contributed by atoms with van der Waals surface area (Å²) >= 11 is 0. The first-order valence-corrected chi connectivity index (χ1v) is 7.22. The van der Waals surface area contributed by atoms with Crippen LogP contribution in [-0.4, -0.2) is 73.8 Å². The van der Waals surface area contributed by atoms with Gasteiger partial charge in [-0.1, -0.05) is 6.92 Å². The predicted molar refractivity (Wildman–Crippen MR) is 63.3 cm³/mol. The standard InChI is InChI=1S/C9H19O10P/c1-2-3-18-9(14)8(13)7(12)6(11)5(10)4-19-20(15,16)17/h5-8,10-13H,2-4H2,1H3,(H2,15,16,17). The number of phosphoric ester groups is 1. The van der Waals surface area contributed by atoms with Gasteiger partial charge in [-0.25, -0.2) is 9.36 Å². The number of aliphatic hydroxyl groups excluding tert-OH is 4. The van der Waals surface area contributed by atoms with E-state index in [-0.39, 0.29) is 6.61 Å². The van der Waals surface area contributed by atoms with Crippen molar-refractivity contribution in [3.8, 4) is 0 Å². The Morgan fingerprint density at radius 1 is 1.15 bits per heavy atom. The van der Waals surface area contributed by atoms with E-state index < -0.39 is 44.8 Å². The van der Waals surface area contributed by atoms with Crippen LogP contribution in [0.3, 0.4) is 0 Å². The van der Waals surface area contributed by atoms with Crippen molar-refractivity contribution in [3.63, 3.8) is 0 Å². The average molecular weight is 318 g/mol. The molecule has 0 saturated carbocycles. The lowest BCUT2D eigenvalue weighted by atomic mass is 10.0. The summed E-state index contributed by atoms with van der Waals surface area (Å²) in [5, 5.41) is 37.6. The Bertz CT molecular complexity index is 342. The fourth-order valence-electron chi connectivity index (χ4n) is 1.11. The molecule has 0 rings (SSSR count). The minimum Gasteiger partial charge on any atom is -0.464 e. The molecule has 0 aromatic carbocycles. The smallest absolute Gasteiger partial charge is 0.464 e. The molecule has 0 saturated heterocycles. The number of carbonyl (C=O) groups is 1. The van der Waals surface area contributed by atoms with Crippen LogP contribution < -0.4 is 0 Å². The lowest BCUT2D eigenvalue weighted by Gasteiger charge is -2.25. The van der Waals surface area contributed by atoms with E-state index in [9.17, 15) is 29.8 Å². The van der Waals surface area contributed by atoms with Crippen molar-refractivity contribution in [2.45, 2.75) is 37.8 Å². The Kier molecular flexibility index (Phi) is 8.40. The molecule has 6 N–H and O–H groups in total. The zero-order valence-electron chi connectivity index (χ0n) is 10.7. The van der Waals surface area contributed by atoms with Gasteiger partial charge in [0.15, 0.2) is 6.10 Å². The molecule has 0 amide bonds. The van der Waals surface area contributed by atoms with E-state index in [1.807, 2.05) is 0 Å². The van der Waals surface area contributed by atoms with Gasteiger partial charge in [0.05, 0.1) is 13.2 Å². The molecule has 0 aromatic rings. The maximum atomic E-state index is 11.2. The van der Waals surface area contributed by atoms with Crippen molar-refractivity contribution in [2.24, 2.45) is 0 Å². The van der Waals surface area contributed by atoms with Gasteiger partial charge < -0.3 is 34.9 Å². The fraction of sp³-hybridized carbons (Fsp3) is 0.889. The van der Waals surface area contributed by atoms with E-state index in [1.54, 1.807) is 6.92 Å². The van der Waals surface area contributed by atoms with Gasteiger partial charge in [0.2, 0.25) is 0 Å². The predicted octanol–water partition coefficient (Wildman–Crippen LogP) is -2.51. The summed E-state index contributed by atoms with van der Waals surface area (Å²) in [4.78, 5) is 28.0. The molecule has 0 aliphatic heterocycles. The summed E-state index contributed by atoms with van der Waals surface area (Å²) in [6, 6.07) is 0. The van der Waals surface area contributed by atoms with Crippen molar-refractivity contribution in [1.82, 2.24) is 0 Å². The SMILES string of the molecule is CCCOC(=O)C(O)C(O)C(O)C(O)COP(=O)(O)O. The quantitative estimate of drug-likeness (QED) is 0.197. The van der Waals surface area contributed by atoms with Crippen molar-refractivity contribution < 1.29 is 48.8 Å². The van der Waals surface area contributed by atoms with Crippen molar-refractivity contribution in [2.75, 3.05) is 13.2 Å². The Balaban J connectivity index is 4.40. The first-order chi connectivity index (χ1) is 9.10. The molecular formula is C9H19O10P. The van der Waals surface area contributed by atoms with Crippen molar-refractivity contribution >= 4 is 13.8 Å². The zero-order valence-corrected chi connectivity index (χ0v) is 11.6. The number of hydrogen-bond donors (Lipinski definition) is 6. The summed E-state index contributed by atoms with van der Waals surface area (Å²) in [6.45, 7) is 0.704. The average Bonchev–Trinajstić information content (AvgIpc) is 2.38. The van der Waals surface area contributed by atoms with Crippen LogP contribution in [0.5, 0.6) is 0 Å². The number of hydrogen-bond acceptors (Lipinski definition) is 8. The Morgan fingerprint density at radius 3 is 2.15 bits per heavy atom. The van der Waals surface area contributed by atoms with E-state index >= 15 is 0 Å². The van der Waals surface area contributed by atoms with Crippen LogP contribution in [0.1, 0.15) is 13.3 Å². The molecule has 0 radical (unpaired) electrons. The van der Waals surface area contributed by atoms with Crippen molar-refractivity contribution in [1.29, 1.82) is 0 Å². The molecule has 0 bridgehead atoms. The third kappa shape index (κ3) is 7.27. The van der Waals surface area contributed by atoms with Gasteiger partial charge in [0, 0.05) is 0 Å².